The third-order valence-corrected chi connectivity index (χ3v) is 3.97. The van der Waals surface area contributed by atoms with Gasteiger partial charge in [-0.3, -0.25) is 0 Å². The van der Waals surface area contributed by atoms with E-state index < -0.39 is 17.5 Å². The minimum Gasteiger partial charge on any atom is -0.479 e. The van der Waals surface area contributed by atoms with Crippen LogP contribution in [0.15, 0.2) is 0 Å². The van der Waals surface area contributed by atoms with E-state index >= 15 is 0 Å². The Morgan fingerprint density at radius 3 is 2.57 bits per heavy atom. The van der Waals surface area contributed by atoms with Gasteiger partial charge in [0.05, 0.1) is 6.61 Å². The number of nitrogens with one attached hydrogen (secondary N) is 2. The van der Waals surface area contributed by atoms with Gasteiger partial charge < -0.3 is 20.5 Å². The van der Waals surface area contributed by atoms with Crippen molar-refractivity contribution in [2.75, 3.05) is 19.8 Å². The van der Waals surface area contributed by atoms with Crippen molar-refractivity contribution >= 4 is 12.0 Å². The zero-order chi connectivity index (χ0) is 15.9. The fourth-order valence-corrected chi connectivity index (χ4v) is 2.41. The van der Waals surface area contributed by atoms with Gasteiger partial charge in [-0.2, -0.15) is 0 Å². The molecule has 1 heterocycles. The number of rotatable bonds is 8. The number of carboxylic acid groups (broad SMARTS) is 1. The Morgan fingerprint density at radius 1 is 1.33 bits per heavy atom. The minimum absolute atomic E-state index is 0.00900. The van der Waals surface area contributed by atoms with E-state index in [1.165, 1.54) is 12.8 Å². The van der Waals surface area contributed by atoms with Crippen molar-refractivity contribution in [3.8, 4) is 0 Å². The molecule has 122 valence electrons. The summed E-state index contributed by atoms with van der Waals surface area (Å²) in [6.45, 7) is 7.28. The van der Waals surface area contributed by atoms with Crippen LogP contribution in [-0.4, -0.2) is 42.4 Å². The SMILES string of the molecule is CCCCCC(C)(C)CNC(=O)NC1(C(=O)O)CCOC1. The second-order valence-corrected chi connectivity index (χ2v) is 6.62. The Hall–Kier alpha value is -1.30. The monoisotopic (exact) mass is 300 g/mol. The molecule has 1 fully saturated rings. The highest BCUT2D eigenvalue weighted by atomic mass is 16.5. The van der Waals surface area contributed by atoms with Gasteiger partial charge in [0.25, 0.3) is 0 Å². The fraction of sp³-hybridized carbons (Fsp3) is 0.867. The Bertz CT molecular complexity index is 363. The van der Waals surface area contributed by atoms with Gasteiger partial charge in [-0.1, -0.05) is 40.0 Å². The molecule has 0 spiro atoms. The van der Waals surface area contributed by atoms with Gasteiger partial charge >= 0.3 is 12.0 Å². The average Bonchev–Trinajstić information content (AvgIpc) is 2.87. The Balaban J connectivity index is 2.41. The van der Waals surface area contributed by atoms with Gasteiger partial charge in [-0.25, -0.2) is 9.59 Å². The molecule has 6 nitrogen and oxygen atoms in total. The van der Waals surface area contributed by atoms with Crippen LogP contribution in [0, 0.1) is 5.41 Å². The molecule has 0 aromatic carbocycles. The molecule has 0 aliphatic carbocycles. The molecule has 6 heteroatoms. The van der Waals surface area contributed by atoms with E-state index in [1.54, 1.807) is 0 Å². The molecular weight excluding hydrogens is 272 g/mol. The number of urea groups is 1. The van der Waals surface area contributed by atoms with Gasteiger partial charge in [0, 0.05) is 19.6 Å². The van der Waals surface area contributed by atoms with E-state index in [1.807, 2.05) is 0 Å². The number of carboxylic acids is 1. The summed E-state index contributed by atoms with van der Waals surface area (Å²) in [4.78, 5) is 23.3. The van der Waals surface area contributed by atoms with Crippen LogP contribution in [0.25, 0.3) is 0 Å². The van der Waals surface area contributed by atoms with Crippen LogP contribution in [0.2, 0.25) is 0 Å². The number of carbonyl (C=O) groups excluding carboxylic acids is 1. The van der Waals surface area contributed by atoms with Gasteiger partial charge in [-0.05, 0) is 11.8 Å². The summed E-state index contributed by atoms with van der Waals surface area (Å²) >= 11 is 0. The molecule has 0 saturated carbocycles. The van der Waals surface area contributed by atoms with Crippen molar-refractivity contribution in [3.05, 3.63) is 0 Å². The quantitative estimate of drug-likeness (QED) is 0.599. The summed E-state index contributed by atoms with van der Waals surface area (Å²) in [5.41, 5.74) is -1.27. The van der Waals surface area contributed by atoms with E-state index in [9.17, 15) is 14.7 Å². The summed E-state index contributed by atoms with van der Waals surface area (Å²) in [6.07, 6.45) is 4.84. The summed E-state index contributed by atoms with van der Waals surface area (Å²) in [5.74, 6) is -1.04. The van der Waals surface area contributed by atoms with Crippen LogP contribution < -0.4 is 10.6 Å². The standard InChI is InChI=1S/C15H28N2O4/c1-4-5-6-7-14(2,3)10-16-13(20)17-15(12(18)19)8-9-21-11-15/h4-11H2,1-3H3,(H,18,19)(H2,16,17,20). The molecule has 0 radical (unpaired) electrons. The average molecular weight is 300 g/mol. The van der Waals surface area contributed by atoms with E-state index in [0.717, 1.165) is 12.8 Å². The summed E-state index contributed by atoms with van der Waals surface area (Å²) in [6, 6.07) is -0.438. The smallest absolute Gasteiger partial charge is 0.332 e. The highest BCUT2D eigenvalue weighted by Gasteiger charge is 2.44. The van der Waals surface area contributed by atoms with Crippen LogP contribution in [0.3, 0.4) is 0 Å². The topological polar surface area (TPSA) is 87.7 Å². The molecule has 1 unspecified atom stereocenters. The molecule has 1 rings (SSSR count). The first-order valence-corrected chi connectivity index (χ1v) is 7.68. The maximum atomic E-state index is 11.9. The van der Waals surface area contributed by atoms with Gasteiger partial charge in [0.15, 0.2) is 5.54 Å². The van der Waals surface area contributed by atoms with Crippen LogP contribution in [0.4, 0.5) is 4.79 Å². The predicted octanol–water partition coefficient (Wildman–Crippen LogP) is 2.14. The third-order valence-electron chi connectivity index (χ3n) is 3.97. The molecule has 1 saturated heterocycles. The van der Waals surface area contributed by atoms with Crippen LogP contribution >= 0.6 is 0 Å². The van der Waals surface area contributed by atoms with Crippen LogP contribution in [0.1, 0.15) is 52.9 Å². The van der Waals surface area contributed by atoms with Crippen molar-refractivity contribution in [1.29, 1.82) is 0 Å². The van der Waals surface area contributed by atoms with Crippen molar-refractivity contribution in [3.63, 3.8) is 0 Å². The fourth-order valence-electron chi connectivity index (χ4n) is 2.41. The molecule has 21 heavy (non-hydrogen) atoms. The van der Waals surface area contributed by atoms with E-state index in [-0.39, 0.29) is 12.0 Å². The van der Waals surface area contributed by atoms with Crippen molar-refractivity contribution in [2.45, 2.75) is 58.4 Å². The maximum absolute atomic E-state index is 11.9. The number of aliphatic carboxylic acids is 1. The lowest BCUT2D eigenvalue weighted by Crippen LogP contribution is -2.58. The minimum atomic E-state index is -1.28. The molecule has 3 N–H and O–H groups in total. The van der Waals surface area contributed by atoms with Crippen molar-refractivity contribution in [2.24, 2.45) is 5.41 Å². The lowest BCUT2D eigenvalue weighted by molar-refractivity contribution is -0.144. The molecule has 1 aliphatic heterocycles. The largest absolute Gasteiger partial charge is 0.479 e. The summed E-state index contributed by atoms with van der Waals surface area (Å²) in [5, 5.41) is 14.6. The first-order chi connectivity index (χ1) is 9.81. The molecule has 0 aromatic rings. The first-order valence-electron chi connectivity index (χ1n) is 7.68. The van der Waals surface area contributed by atoms with Gasteiger partial charge in [0.1, 0.15) is 0 Å². The molecule has 0 aromatic heterocycles. The first kappa shape index (κ1) is 17.8. The maximum Gasteiger partial charge on any atom is 0.332 e. The van der Waals surface area contributed by atoms with Crippen LogP contribution in [-0.2, 0) is 9.53 Å². The molecule has 2 amide bonds. The Labute approximate surface area is 126 Å². The number of carbonyl (C=O) groups is 2. The Morgan fingerprint density at radius 2 is 2.05 bits per heavy atom. The zero-order valence-electron chi connectivity index (χ0n) is 13.3. The lowest BCUT2D eigenvalue weighted by Gasteiger charge is -2.28. The zero-order valence-corrected chi connectivity index (χ0v) is 13.3. The van der Waals surface area contributed by atoms with E-state index in [2.05, 4.69) is 31.4 Å². The second kappa shape index (κ2) is 7.64. The van der Waals surface area contributed by atoms with E-state index in [4.69, 9.17) is 4.74 Å². The summed E-state index contributed by atoms with van der Waals surface area (Å²) < 4.78 is 5.11. The number of hydrogen-bond donors (Lipinski definition) is 3. The third kappa shape index (κ3) is 5.53. The van der Waals surface area contributed by atoms with Crippen molar-refractivity contribution in [1.82, 2.24) is 10.6 Å². The highest BCUT2D eigenvalue weighted by molar-refractivity contribution is 5.86. The number of amides is 2. The normalized spacial score (nSPS) is 22.0. The highest BCUT2D eigenvalue weighted by Crippen LogP contribution is 2.23. The van der Waals surface area contributed by atoms with E-state index in [0.29, 0.717) is 19.6 Å². The molecule has 1 aliphatic rings. The molecular formula is C15H28N2O4. The molecule has 0 bridgehead atoms. The van der Waals surface area contributed by atoms with Crippen LogP contribution in [0.5, 0.6) is 0 Å². The molecule has 1 atom stereocenters. The van der Waals surface area contributed by atoms with Gasteiger partial charge in [0.2, 0.25) is 0 Å². The second-order valence-electron chi connectivity index (χ2n) is 6.62. The lowest BCUT2D eigenvalue weighted by atomic mass is 9.87. The number of unbranched alkanes of at least 4 members (excludes halogenated alkanes) is 2. The van der Waals surface area contributed by atoms with Crippen molar-refractivity contribution < 1.29 is 19.4 Å². The Kier molecular flexibility index (Phi) is 6.45. The number of hydrogen-bond acceptors (Lipinski definition) is 3. The number of ether oxygens (including phenoxy) is 1. The summed E-state index contributed by atoms with van der Waals surface area (Å²) in [7, 11) is 0. The van der Waals surface area contributed by atoms with Gasteiger partial charge in [-0.15, -0.1) is 0 Å². The predicted molar refractivity (Wildman–Crippen MR) is 80.3 cm³/mol.